The van der Waals surface area contributed by atoms with E-state index in [2.05, 4.69) is 4.72 Å². The zero-order chi connectivity index (χ0) is 14.2. The number of aliphatic hydroxyl groups is 1. The van der Waals surface area contributed by atoms with Crippen molar-refractivity contribution < 1.29 is 18.3 Å². The number of likely N-dealkylation sites (N-methyl/N-ethyl adjacent to an activating group) is 1. The Kier molecular flexibility index (Phi) is 3.62. The quantitative estimate of drug-likeness (QED) is 0.806. The standard InChI is InChI=1S/C12H16N2O4S/c1-8(7-15)13-19(17,18)10-3-4-11-9(5-10)6-12(16)14(11)2/h3-5,8,13,15H,6-7H2,1-2H3. The Morgan fingerprint density at radius 1 is 1.47 bits per heavy atom. The molecule has 0 saturated carbocycles. The molecule has 1 heterocycles. The number of sulfonamides is 1. The fourth-order valence-electron chi connectivity index (χ4n) is 1.98. The molecule has 1 unspecified atom stereocenters. The molecule has 0 radical (unpaired) electrons. The SMILES string of the molecule is CC(CO)NS(=O)(=O)c1ccc2c(c1)CC(=O)N2C. The van der Waals surface area contributed by atoms with Gasteiger partial charge in [-0.05, 0) is 30.7 Å². The van der Waals surface area contributed by atoms with Crippen molar-refractivity contribution >= 4 is 21.6 Å². The summed E-state index contributed by atoms with van der Waals surface area (Å²) in [6.45, 7) is 1.30. The Hall–Kier alpha value is -1.44. The number of rotatable bonds is 4. The van der Waals surface area contributed by atoms with Crippen LogP contribution in [0.2, 0.25) is 0 Å². The van der Waals surface area contributed by atoms with E-state index in [0.717, 1.165) is 5.69 Å². The van der Waals surface area contributed by atoms with Gasteiger partial charge in [0.1, 0.15) is 0 Å². The van der Waals surface area contributed by atoms with Crippen LogP contribution in [-0.4, -0.2) is 39.1 Å². The fraction of sp³-hybridized carbons (Fsp3) is 0.417. The Balaban J connectivity index is 2.34. The maximum Gasteiger partial charge on any atom is 0.240 e. The van der Waals surface area contributed by atoms with Gasteiger partial charge in [-0.2, -0.15) is 0 Å². The van der Waals surface area contributed by atoms with Gasteiger partial charge in [-0.3, -0.25) is 4.79 Å². The summed E-state index contributed by atoms with van der Waals surface area (Å²) in [6.07, 6.45) is 0.213. The molecule has 19 heavy (non-hydrogen) atoms. The molecule has 2 N–H and O–H groups in total. The second-order valence-electron chi connectivity index (χ2n) is 4.62. The van der Waals surface area contributed by atoms with Gasteiger partial charge in [0.15, 0.2) is 0 Å². The molecule has 0 spiro atoms. The number of hydrogen-bond donors (Lipinski definition) is 2. The fourth-order valence-corrected chi connectivity index (χ4v) is 3.27. The molecule has 1 amide bonds. The minimum atomic E-state index is -3.67. The molecule has 104 valence electrons. The average Bonchev–Trinajstić information content (AvgIpc) is 2.64. The lowest BCUT2D eigenvalue weighted by Gasteiger charge is -2.13. The molecule has 0 bridgehead atoms. The number of amides is 1. The minimum absolute atomic E-state index is 0.0544. The van der Waals surface area contributed by atoms with Crippen molar-refractivity contribution in [3.05, 3.63) is 23.8 Å². The molecule has 1 atom stereocenters. The van der Waals surface area contributed by atoms with E-state index in [0.29, 0.717) is 5.56 Å². The second kappa shape index (κ2) is 4.92. The lowest BCUT2D eigenvalue weighted by Crippen LogP contribution is -2.35. The highest BCUT2D eigenvalue weighted by atomic mass is 32.2. The smallest absolute Gasteiger partial charge is 0.240 e. The third-order valence-corrected chi connectivity index (χ3v) is 4.66. The number of carbonyl (C=O) groups excluding carboxylic acids is 1. The number of aliphatic hydroxyl groups excluding tert-OH is 1. The molecule has 2 rings (SSSR count). The number of hydrogen-bond acceptors (Lipinski definition) is 4. The molecular weight excluding hydrogens is 268 g/mol. The highest BCUT2D eigenvalue weighted by Gasteiger charge is 2.26. The van der Waals surface area contributed by atoms with Crippen LogP contribution in [0, 0.1) is 0 Å². The van der Waals surface area contributed by atoms with Crippen LogP contribution < -0.4 is 9.62 Å². The molecule has 0 aromatic heterocycles. The van der Waals surface area contributed by atoms with Gasteiger partial charge in [0.25, 0.3) is 0 Å². The topological polar surface area (TPSA) is 86.7 Å². The molecule has 7 heteroatoms. The summed E-state index contributed by atoms with van der Waals surface area (Å²) in [5.74, 6) is -0.0544. The minimum Gasteiger partial charge on any atom is -0.395 e. The van der Waals surface area contributed by atoms with Gasteiger partial charge in [-0.1, -0.05) is 0 Å². The molecule has 0 fully saturated rings. The summed E-state index contributed by atoms with van der Waals surface area (Å²) in [6, 6.07) is 4.03. The summed E-state index contributed by atoms with van der Waals surface area (Å²) in [4.78, 5) is 13.2. The molecular formula is C12H16N2O4S. The van der Waals surface area contributed by atoms with Gasteiger partial charge < -0.3 is 10.0 Å². The van der Waals surface area contributed by atoms with Crippen LogP contribution >= 0.6 is 0 Å². The van der Waals surface area contributed by atoms with E-state index in [1.807, 2.05) is 0 Å². The van der Waals surface area contributed by atoms with Crippen LogP contribution in [0.5, 0.6) is 0 Å². The summed E-state index contributed by atoms with van der Waals surface area (Å²) in [5.41, 5.74) is 1.44. The molecule has 0 aliphatic carbocycles. The summed E-state index contributed by atoms with van der Waals surface area (Å²) in [5, 5.41) is 8.89. The van der Waals surface area contributed by atoms with Crippen LogP contribution in [-0.2, 0) is 21.2 Å². The normalized spacial score (nSPS) is 16.6. The van der Waals surface area contributed by atoms with Crippen LogP contribution in [0.4, 0.5) is 5.69 Å². The second-order valence-corrected chi connectivity index (χ2v) is 6.34. The Labute approximate surface area is 112 Å². The number of nitrogens with one attached hydrogen (secondary N) is 1. The lowest BCUT2D eigenvalue weighted by molar-refractivity contribution is -0.117. The van der Waals surface area contributed by atoms with Gasteiger partial charge in [0.05, 0.1) is 17.9 Å². The van der Waals surface area contributed by atoms with Crippen molar-refractivity contribution in [2.75, 3.05) is 18.6 Å². The van der Waals surface area contributed by atoms with E-state index in [-0.39, 0.29) is 23.8 Å². The summed E-state index contributed by atoms with van der Waals surface area (Å²) < 4.78 is 26.4. The van der Waals surface area contributed by atoms with Crippen molar-refractivity contribution in [3.63, 3.8) is 0 Å². The number of fused-ring (bicyclic) bond motifs is 1. The Morgan fingerprint density at radius 2 is 2.16 bits per heavy atom. The van der Waals surface area contributed by atoms with E-state index in [1.54, 1.807) is 20.0 Å². The van der Waals surface area contributed by atoms with Gasteiger partial charge >= 0.3 is 0 Å². The molecule has 1 aliphatic rings. The van der Waals surface area contributed by atoms with Gasteiger partial charge in [0.2, 0.25) is 15.9 Å². The first-order valence-corrected chi connectivity index (χ1v) is 7.36. The van der Waals surface area contributed by atoms with Crippen molar-refractivity contribution in [3.8, 4) is 0 Å². The molecule has 1 aromatic rings. The number of nitrogens with zero attached hydrogens (tertiary/aromatic N) is 1. The third-order valence-electron chi connectivity index (χ3n) is 3.07. The highest BCUT2D eigenvalue weighted by Crippen LogP contribution is 2.29. The first-order valence-electron chi connectivity index (χ1n) is 5.88. The average molecular weight is 284 g/mol. The van der Waals surface area contributed by atoms with Crippen LogP contribution in [0.25, 0.3) is 0 Å². The predicted molar refractivity (Wildman–Crippen MR) is 70.4 cm³/mol. The maximum absolute atomic E-state index is 12.0. The monoisotopic (exact) mass is 284 g/mol. The molecule has 6 nitrogen and oxygen atoms in total. The van der Waals surface area contributed by atoms with Crippen LogP contribution in [0.3, 0.4) is 0 Å². The zero-order valence-electron chi connectivity index (χ0n) is 10.8. The predicted octanol–water partition coefficient (Wildman–Crippen LogP) is -0.135. The zero-order valence-corrected chi connectivity index (χ0v) is 11.6. The largest absolute Gasteiger partial charge is 0.395 e. The van der Waals surface area contributed by atoms with Gasteiger partial charge in [-0.15, -0.1) is 0 Å². The van der Waals surface area contributed by atoms with E-state index in [4.69, 9.17) is 5.11 Å². The highest BCUT2D eigenvalue weighted by molar-refractivity contribution is 7.89. The van der Waals surface area contributed by atoms with Crippen molar-refractivity contribution in [1.29, 1.82) is 0 Å². The Morgan fingerprint density at radius 3 is 2.79 bits per heavy atom. The van der Waals surface area contributed by atoms with E-state index >= 15 is 0 Å². The van der Waals surface area contributed by atoms with Crippen molar-refractivity contribution in [2.45, 2.75) is 24.3 Å². The third kappa shape index (κ3) is 2.63. The summed E-state index contributed by atoms with van der Waals surface area (Å²) in [7, 11) is -2.01. The number of carbonyl (C=O) groups is 1. The first kappa shape index (κ1) is 14.0. The van der Waals surface area contributed by atoms with Crippen LogP contribution in [0.1, 0.15) is 12.5 Å². The van der Waals surface area contributed by atoms with Crippen molar-refractivity contribution in [1.82, 2.24) is 4.72 Å². The van der Waals surface area contributed by atoms with Crippen LogP contribution in [0.15, 0.2) is 23.1 Å². The van der Waals surface area contributed by atoms with Gasteiger partial charge in [-0.25, -0.2) is 13.1 Å². The summed E-state index contributed by atoms with van der Waals surface area (Å²) >= 11 is 0. The molecule has 0 saturated heterocycles. The van der Waals surface area contributed by atoms with E-state index < -0.39 is 16.1 Å². The van der Waals surface area contributed by atoms with Gasteiger partial charge in [0, 0.05) is 18.8 Å². The lowest BCUT2D eigenvalue weighted by atomic mass is 10.2. The van der Waals surface area contributed by atoms with E-state index in [9.17, 15) is 13.2 Å². The Bertz CT molecular complexity index is 612. The van der Waals surface area contributed by atoms with Crippen molar-refractivity contribution in [2.24, 2.45) is 0 Å². The maximum atomic E-state index is 12.0. The number of anilines is 1. The first-order chi connectivity index (χ1) is 8.85. The van der Waals surface area contributed by atoms with E-state index in [1.165, 1.54) is 17.0 Å². The molecule has 1 aromatic carbocycles. The number of benzene rings is 1. The molecule has 1 aliphatic heterocycles.